The summed E-state index contributed by atoms with van der Waals surface area (Å²) in [5, 5.41) is 0.452. The highest BCUT2D eigenvalue weighted by Crippen LogP contribution is 2.33. The third kappa shape index (κ3) is 4.26. The Morgan fingerprint density at radius 1 is 1.16 bits per heavy atom. The van der Waals surface area contributed by atoms with Gasteiger partial charge in [0.15, 0.2) is 4.34 Å². The maximum Gasteiger partial charge on any atom is 0.261 e. The molecule has 0 spiro atoms. The first-order chi connectivity index (χ1) is 11.9. The van der Waals surface area contributed by atoms with E-state index in [9.17, 15) is 8.42 Å². The van der Waals surface area contributed by atoms with E-state index in [1.165, 1.54) is 19.2 Å². The van der Waals surface area contributed by atoms with Crippen molar-refractivity contribution in [1.82, 2.24) is 4.98 Å². The molecule has 0 aliphatic heterocycles. The molecule has 0 aliphatic rings. The second-order valence-corrected chi connectivity index (χ2v) is 10.1. The fourth-order valence-electron chi connectivity index (χ4n) is 2.19. The number of rotatable bonds is 6. The number of thiazole rings is 1. The summed E-state index contributed by atoms with van der Waals surface area (Å²) >= 11 is 3.27. The Kier molecular flexibility index (Phi) is 5.21. The van der Waals surface area contributed by atoms with Crippen LogP contribution in [0, 0.1) is 0 Å². The molecular weight excluding hydrogens is 376 g/mol. The molecule has 0 amide bonds. The lowest BCUT2D eigenvalue weighted by molar-refractivity contribution is 0.414. The summed E-state index contributed by atoms with van der Waals surface area (Å²) in [5.74, 6) is 0.611. The van der Waals surface area contributed by atoms with Crippen LogP contribution < -0.4 is 9.46 Å². The molecule has 8 heteroatoms. The van der Waals surface area contributed by atoms with Gasteiger partial charge in [-0.25, -0.2) is 13.4 Å². The van der Waals surface area contributed by atoms with E-state index in [1.54, 1.807) is 41.3 Å². The molecular formula is C17H18N2O3S3. The van der Waals surface area contributed by atoms with Gasteiger partial charge in [0.2, 0.25) is 0 Å². The molecule has 25 heavy (non-hydrogen) atoms. The highest BCUT2D eigenvalue weighted by molar-refractivity contribution is 8.01. The van der Waals surface area contributed by atoms with Gasteiger partial charge in [-0.1, -0.05) is 25.6 Å². The van der Waals surface area contributed by atoms with Crippen LogP contribution in [0.4, 0.5) is 5.69 Å². The van der Waals surface area contributed by atoms with Crippen LogP contribution in [0.1, 0.15) is 13.8 Å². The first-order valence-corrected chi connectivity index (χ1v) is 10.8. The van der Waals surface area contributed by atoms with Crippen LogP contribution in [-0.2, 0) is 10.0 Å². The molecule has 0 unspecified atom stereocenters. The Labute approximate surface area is 155 Å². The van der Waals surface area contributed by atoms with Crippen molar-refractivity contribution >= 4 is 49.0 Å². The van der Waals surface area contributed by atoms with Crippen LogP contribution in [0.25, 0.3) is 10.2 Å². The number of benzene rings is 2. The minimum Gasteiger partial charge on any atom is -0.497 e. The number of hydrogen-bond acceptors (Lipinski definition) is 6. The van der Waals surface area contributed by atoms with Crippen molar-refractivity contribution in [2.75, 3.05) is 11.8 Å². The predicted octanol–water partition coefficient (Wildman–Crippen LogP) is 4.61. The summed E-state index contributed by atoms with van der Waals surface area (Å²) in [5.41, 5.74) is 1.40. The molecule has 1 heterocycles. The Balaban J connectivity index is 1.85. The third-order valence-corrected chi connectivity index (χ3v) is 6.84. The van der Waals surface area contributed by atoms with Crippen molar-refractivity contribution in [2.24, 2.45) is 0 Å². The number of fused-ring (bicyclic) bond motifs is 1. The van der Waals surface area contributed by atoms with Crippen molar-refractivity contribution in [2.45, 2.75) is 28.3 Å². The summed E-state index contributed by atoms with van der Waals surface area (Å²) in [6.45, 7) is 4.23. The quantitative estimate of drug-likeness (QED) is 0.619. The molecule has 1 N–H and O–H groups in total. The third-order valence-electron chi connectivity index (χ3n) is 3.33. The van der Waals surface area contributed by atoms with Crippen molar-refractivity contribution in [3.05, 3.63) is 42.5 Å². The molecule has 3 rings (SSSR count). The number of methoxy groups -OCH3 is 1. The molecule has 0 radical (unpaired) electrons. The second-order valence-electron chi connectivity index (χ2n) is 5.61. The average molecular weight is 395 g/mol. The fourth-order valence-corrected chi connectivity index (χ4v) is 5.57. The maximum atomic E-state index is 12.5. The number of thioether (sulfide) groups is 1. The molecule has 2 aromatic carbocycles. The summed E-state index contributed by atoms with van der Waals surface area (Å²) in [6, 6.07) is 11.7. The van der Waals surface area contributed by atoms with Gasteiger partial charge in [-0.05, 0) is 42.5 Å². The largest absolute Gasteiger partial charge is 0.497 e. The molecule has 0 saturated carbocycles. The Morgan fingerprint density at radius 2 is 1.88 bits per heavy atom. The predicted molar refractivity (Wildman–Crippen MR) is 104 cm³/mol. The van der Waals surface area contributed by atoms with Crippen LogP contribution >= 0.6 is 23.1 Å². The fraction of sp³-hybridized carbons (Fsp3) is 0.235. The van der Waals surface area contributed by atoms with Gasteiger partial charge in [0.1, 0.15) is 5.75 Å². The van der Waals surface area contributed by atoms with Crippen LogP contribution in [-0.4, -0.2) is 25.8 Å². The zero-order valence-corrected chi connectivity index (χ0v) is 16.5. The summed E-state index contributed by atoms with van der Waals surface area (Å²) in [6.07, 6.45) is 0. The maximum absolute atomic E-state index is 12.5. The average Bonchev–Trinajstić information content (AvgIpc) is 2.95. The van der Waals surface area contributed by atoms with Crippen molar-refractivity contribution < 1.29 is 13.2 Å². The Morgan fingerprint density at radius 3 is 2.52 bits per heavy atom. The smallest absolute Gasteiger partial charge is 0.261 e. The van der Waals surface area contributed by atoms with Gasteiger partial charge in [-0.2, -0.15) is 0 Å². The SMILES string of the molecule is COc1ccc(S(=O)(=O)Nc2ccc3nc(SC(C)C)sc3c2)cc1. The van der Waals surface area contributed by atoms with Gasteiger partial charge in [-0.15, -0.1) is 11.3 Å². The molecule has 132 valence electrons. The van der Waals surface area contributed by atoms with Crippen molar-refractivity contribution in [3.63, 3.8) is 0 Å². The lowest BCUT2D eigenvalue weighted by atomic mass is 10.3. The monoisotopic (exact) mass is 394 g/mol. The molecule has 0 aliphatic carbocycles. The number of hydrogen-bond donors (Lipinski definition) is 1. The molecule has 0 saturated heterocycles. The Bertz CT molecular complexity index is 980. The first-order valence-electron chi connectivity index (χ1n) is 7.61. The van der Waals surface area contributed by atoms with Gasteiger partial charge in [0, 0.05) is 5.25 Å². The van der Waals surface area contributed by atoms with E-state index in [1.807, 2.05) is 12.1 Å². The highest BCUT2D eigenvalue weighted by Gasteiger charge is 2.15. The van der Waals surface area contributed by atoms with Crippen LogP contribution in [0.5, 0.6) is 5.75 Å². The van der Waals surface area contributed by atoms with E-state index in [0.29, 0.717) is 16.7 Å². The number of sulfonamides is 1. The highest BCUT2D eigenvalue weighted by atomic mass is 32.2. The zero-order valence-electron chi connectivity index (χ0n) is 14.0. The minimum atomic E-state index is -3.65. The van der Waals surface area contributed by atoms with Crippen molar-refractivity contribution in [1.29, 1.82) is 0 Å². The molecule has 0 bridgehead atoms. The van der Waals surface area contributed by atoms with E-state index in [4.69, 9.17) is 4.74 Å². The van der Waals surface area contributed by atoms with Crippen LogP contribution in [0.15, 0.2) is 51.7 Å². The minimum absolute atomic E-state index is 0.189. The molecule has 3 aromatic rings. The normalized spacial score (nSPS) is 11.8. The van der Waals surface area contributed by atoms with E-state index in [0.717, 1.165) is 14.6 Å². The van der Waals surface area contributed by atoms with Crippen molar-refractivity contribution in [3.8, 4) is 5.75 Å². The van der Waals surface area contributed by atoms with E-state index in [2.05, 4.69) is 23.6 Å². The van der Waals surface area contributed by atoms with Gasteiger partial charge in [0.05, 0.1) is 27.9 Å². The number of ether oxygens (including phenoxy) is 1. The summed E-state index contributed by atoms with van der Waals surface area (Å²) < 4.78 is 34.7. The zero-order chi connectivity index (χ0) is 18.0. The Hall–Kier alpha value is -1.77. The second kappa shape index (κ2) is 7.23. The standard InChI is InChI=1S/C17H18N2O3S3/c1-11(2)23-17-18-15-9-4-12(10-16(15)24-17)19-25(20,21)14-7-5-13(22-3)6-8-14/h4-11,19H,1-3H3. The number of aromatic nitrogens is 1. The van der Waals surface area contributed by atoms with Gasteiger partial charge < -0.3 is 4.74 Å². The van der Waals surface area contributed by atoms with Crippen LogP contribution in [0.3, 0.4) is 0 Å². The van der Waals surface area contributed by atoms with E-state index in [-0.39, 0.29) is 4.90 Å². The number of anilines is 1. The lowest BCUT2D eigenvalue weighted by Gasteiger charge is -2.08. The molecule has 5 nitrogen and oxygen atoms in total. The van der Waals surface area contributed by atoms with Gasteiger partial charge in [-0.3, -0.25) is 4.72 Å². The number of nitrogens with one attached hydrogen (secondary N) is 1. The van der Waals surface area contributed by atoms with E-state index < -0.39 is 10.0 Å². The topological polar surface area (TPSA) is 68.3 Å². The van der Waals surface area contributed by atoms with Crippen LogP contribution in [0.2, 0.25) is 0 Å². The first kappa shape index (κ1) is 18.0. The van der Waals surface area contributed by atoms with E-state index >= 15 is 0 Å². The molecule has 0 atom stereocenters. The number of nitrogens with zero attached hydrogens (tertiary/aromatic N) is 1. The summed E-state index contributed by atoms with van der Waals surface area (Å²) in [7, 11) is -2.11. The molecule has 0 fully saturated rings. The van der Waals surface area contributed by atoms with Gasteiger partial charge >= 0.3 is 0 Å². The lowest BCUT2D eigenvalue weighted by Crippen LogP contribution is -2.12. The molecule has 1 aromatic heterocycles. The van der Waals surface area contributed by atoms with Gasteiger partial charge in [0.25, 0.3) is 10.0 Å². The summed E-state index contributed by atoms with van der Waals surface area (Å²) in [4.78, 5) is 4.75.